The predicted octanol–water partition coefficient (Wildman–Crippen LogP) is 1.79. The first-order chi connectivity index (χ1) is 10.6. The highest BCUT2D eigenvalue weighted by molar-refractivity contribution is 7.99. The number of amides is 1. The van der Waals surface area contributed by atoms with Crippen molar-refractivity contribution in [2.24, 2.45) is 0 Å². The first kappa shape index (κ1) is 16.8. The van der Waals surface area contributed by atoms with Crippen molar-refractivity contribution in [1.29, 1.82) is 0 Å². The van der Waals surface area contributed by atoms with E-state index < -0.39 is 5.97 Å². The zero-order valence-corrected chi connectivity index (χ0v) is 14.0. The molecule has 0 radical (unpaired) electrons. The Labute approximate surface area is 134 Å². The Balaban J connectivity index is 2.23. The van der Waals surface area contributed by atoms with Gasteiger partial charge in [0.05, 0.1) is 17.9 Å². The number of H-pyrrole nitrogens is 1. The molecule has 2 heterocycles. The second kappa shape index (κ2) is 7.62. The zero-order chi connectivity index (χ0) is 16.1. The molecule has 0 spiro atoms. The predicted molar refractivity (Wildman–Crippen MR) is 83.6 cm³/mol. The highest BCUT2D eigenvalue weighted by Gasteiger charge is 2.37. The summed E-state index contributed by atoms with van der Waals surface area (Å²) >= 11 is 1.56. The molecular weight excluding hydrogens is 304 g/mol. The molecule has 1 aliphatic heterocycles. The van der Waals surface area contributed by atoms with Gasteiger partial charge in [-0.25, -0.2) is 4.79 Å². The van der Waals surface area contributed by atoms with Crippen LogP contribution in [-0.2, 0) is 9.53 Å². The van der Waals surface area contributed by atoms with Crippen molar-refractivity contribution in [3.8, 4) is 0 Å². The molecule has 2 unspecified atom stereocenters. The van der Waals surface area contributed by atoms with Crippen LogP contribution in [0.2, 0.25) is 0 Å². The number of nitrogens with one attached hydrogen (secondary N) is 1. The molecule has 22 heavy (non-hydrogen) atoms. The average Bonchev–Trinajstić information content (AvgIpc) is 3.17. The van der Waals surface area contributed by atoms with Crippen molar-refractivity contribution in [2.45, 2.75) is 44.4 Å². The van der Waals surface area contributed by atoms with Crippen LogP contribution >= 0.6 is 11.8 Å². The number of aromatic amines is 1. The lowest BCUT2D eigenvalue weighted by atomic mass is 10.1. The normalized spacial score (nSPS) is 19.2. The van der Waals surface area contributed by atoms with E-state index in [0.29, 0.717) is 12.2 Å². The Morgan fingerprint density at radius 2 is 2.23 bits per heavy atom. The fourth-order valence-corrected chi connectivity index (χ4v) is 3.43. The smallest absolute Gasteiger partial charge is 0.360 e. The van der Waals surface area contributed by atoms with Crippen molar-refractivity contribution in [2.75, 3.05) is 19.4 Å². The Hall–Kier alpha value is -1.57. The molecule has 1 N–H and O–H groups in total. The van der Waals surface area contributed by atoms with Gasteiger partial charge in [0.1, 0.15) is 5.69 Å². The molecule has 2 rings (SSSR count). The third-order valence-corrected chi connectivity index (χ3v) is 4.93. The molecule has 2 atom stereocenters. The van der Waals surface area contributed by atoms with Gasteiger partial charge in [0.15, 0.2) is 5.69 Å². The molecule has 0 saturated carbocycles. The summed E-state index contributed by atoms with van der Waals surface area (Å²) in [6.45, 7) is 4.72. The van der Waals surface area contributed by atoms with Crippen LogP contribution in [0.5, 0.6) is 0 Å². The van der Waals surface area contributed by atoms with Gasteiger partial charge in [0.25, 0.3) is 0 Å². The minimum absolute atomic E-state index is 0.0569. The van der Waals surface area contributed by atoms with Crippen LogP contribution in [0.25, 0.3) is 0 Å². The number of esters is 1. The van der Waals surface area contributed by atoms with Crippen LogP contribution < -0.4 is 0 Å². The minimum Gasteiger partial charge on any atom is -0.461 e. The van der Waals surface area contributed by atoms with Crippen LogP contribution in [-0.4, -0.2) is 56.8 Å². The second-order valence-electron chi connectivity index (χ2n) is 5.10. The van der Waals surface area contributed by atoms with Crippen molar-refractivity contribution < 1.29 is 14.3 Å². The molecule has 1 aliphatic rings. The van der Waals surface area contributed by atoms with Crippen LogP contribution in [0.3, 0.4) is 0 Å². The fraction of sp³-hybridized carbons (Fsp3) is 0.714. The molecule has 0 bridgehead atoms. The number of hydrogen-bond donors (Lipinski definition) is 1. The summed E-state index contributed by atoms with van der Waals surface area (Å²) in [7, 11) is 0. The molecular formula is C14H22N4O3S. The fourth-order valence-electron chi connectivity index (χ4n) is 2.76. The van der Waals surface area contributed by atoms with E-state index in [4.69, 9.17) is 4.74 Å². The number of aromatic nitrogens is 3. The van der Waals surface area contributed by atoms with Crippen LogP contribution in [0, 0.1) is 0 Å². The summed E-state index contributed by atoms with van der Waals surface area (Å²) in [6, 6.07) is -0.202. The number of ether oxygens (including phenoxy) is 1. The van der Waals surface area contributed by atoms with Gasteiger partial charge < -0.3 is 9.64 Å². The minimum atomic E-state index is -0.498. The number of rotatable bonds is 6. The van der Waals surface area contributed by atoms with Crippen LogP contribution in [0.1, 0.15) is 55.3 Å². The van der Waals surface area contributed by atoms with Crippen molar-refractivity contribution in [3.05, 3.63) is 11.4 Å². The summed E-state index contributed by atoms with van der Waals surface area (Å²) in [5, 5.41) is 10.4. The Bertz CT molecular complexity index is 530. The molecule has 1 fully saturated rings. The monoisotopic (exact) mass is 326 g/mol. The van der Waals surface area contributed by atoms with Crippen molar-refractivity contribution in [3.63, 3.8) is 0 Å². The summed E-state index contributed by atoms with van der Waals surface area (Å²) in [5.74, 6) is -0.391. The molecule has 1 aromatic heterocycles. The maximum Gasteiger partial charge on any atom is 0.360 e. The third kappa shape index (κ3) is 3.26. The number of carbonyl (C=O) groups is 2. The van der Waals surface area contributed by atoms with Gasteiger partial charge in [0, 0.05) is 6.54 Å². The van der Waals surface area contributed by atoms with Crippen molar-refractivity contribution in [1.82, 2.24) is 20.3 Å². The Morgan fingerprint density at radius 3 is 2.86 bits per heavy atom. The van der Waals surface area contributed by atoms with Crippen LogP contribution in [0.15, 0.2) is 0 Å². The molecule has 1 aromatic rings. The maximum absolute atomic E-state index is 12.7. The summed E-state index contributed by atoms with van der Waals surface area (Å²) in [4.78, 5) is 26.4. The summed E-state index contributed by atoms with van der Waals surface area (Å²) in [6.07, 6.45) is 4.41. The van der Waals surface area contributed by atoms with E-state index >= 15 is 0 Å². The van der Waals surface area contributed by atoms with E-state index in [1.54, 1.807) is 18.7 Å². The molecule has 122 valence electrons. The van der Waals surface area contributed by atoms with E-state index in [-0.39, 0.29) is 29.5 Å². The lowest BCUT2D eigenvalue weighted by Crippen LogP contribution is -2.37. The van der Waals surface area contributed by atoms with E-state index in [1.807, 2.05) is 18.1 Å². The highest BCUT2D eigenvalue weighted by Crippen LogP contribution is 2.34. The van der Waals surface area contributed by atoms with E-state index in [0.717, 1.165) is 19.3 Å². The molecule has 1 amide bonds. The van der Waals surface area contributed by atoms with Gasteiger partial charge in [0.2, 0.25) is 5.91 Å². The van der Waals surface area contributed by atoms with Crippen molar-refractivity contribution >= 4 is 23.6 Å². The Morgan fingerprint density at radius 1 is 1.45 bits per heavy atom. The van der Waals surface area contributed by atoms with Gasteiger partial charge in [-0.3, -0.25) is 4.79 Å². The molecule has 1 saturated heterocycles. The number of carbonyl (C=O) groups excluding carboxylic acids is 2. The molecule has 8 heteroatoms. The zero-order valence-electron chi connectivity index (χ0n) is 13.2. The standard InChI is InChI=1S/C14H22N4O3S/c1-4-10(22-3)13(19)18-8-6-7-9(18)11-12(16-17-15-11)14(20)21-5-2/h9-10H,4-8H2,1-3H3,(H,15,16,17). The largest absolute Gasteiger partial charge is 0.461 e. The third-order valence-electron chi connectivity index (χ3n) is 3.83. The second-order valence-corrected chi connectivity index (χ2v) is 6.14. The maximum atomic E-state index is 12.7. The number of thioether (sulfide) groups is 1. The average molecular weight is 326 g/mol. The number of likely N-dealkylation sites (tertiary alicyclic amines) is 1. The first-order valence-corrected chi connectivity index (χ1v) is 8.83. The van der Waals surface area contributed by atoms with E-state index in [2.05, 4.69) is 15.4 Å². The topological polar surface area (TPSA) is 88.2 Å². The van der Waals surface area contributed by atoms with Gasteiger partial charge in [-0.2, -0.15) is 22.1 Å². The van der Waals surface area contributed by atoms with Crippen LogP contribution in [0.4, 0.5) is 0 Å². The van der Waals surface area contributed by atoms with Gasteiger partial charge >= 0.3 is 5.97 Å². The summed E-state index contributed by atoms with van der Waals surface area (Å²) < 4.78 is 5.00. The SMILES string of the molecule is CCOC(=O)c1n[nH]nc1C1CCCN1C(=O)C(CC)SC. The van der Waals surface area contributed by atoms with Gasteiger partial charge in [-0.15, -0.1) is 5.10 Å². The number of nitrogens with zero attached hydrogens (tertiary/aromatic N) is 3. The van der Waals surface area contributed by atoms with E-state index in [1.165, 1.54) is 0 Å². The van der Waals surface area contributed by atoms with Gasteiger partial charge in [-0.1, -0.05) is 6.92 Å². The van der Waals surface area contributed by atoms with E-state index in [9.17, 15) is 9.59 Å². The Kier molecular flexibility index (Phi) is 5.82. The molecule has 0 aliphatic carbocycles. The van der Waals surface area contributed by atoms with Gasteiger partial charge in [-0.05, 0) is 32.4 Å². The molecule has 0 aromatic carbocycles. The highest BCUT2D eigenvalue weighted by atomic mass is 32.2. The summed E-state index contributed by atoms with van der Waals surface area (Å²) in [5.41, 5.74) is 0.698. The number of hydrogen-bond acceptors (Lipinski definition) is 6. The molecule has 7 nitrogen and oxygen atoms in total. The lowest BCUT2D eigenvalue weighted by Gasteiger charge is -2.27. The lowest BCUT2D eigenvalue weighted by molar-refractivity contribution is -0.131. The first-order valence-electron chi connectivity index (χ1n) is 7.55. The quantitative estimate of drug-likeness (QED) is 0.802.